The number of rotatable bonds is 4. The van der Waals surface area contributed by atoms with Crippen LogP contribution in [0.3, 0.4) is 0 Å². The third kappa shape index (κ3) is 4.35. The SMILES string of the molecule is CC1CN(CC2CCN(C(=O)Cc3coc4ccc5ccccc5c34)CC2)CC(C)O1. The number of hydrogen-bond donors (Lipinski definition) is 0. The highest BCUT2D eigenvalue weighted by Crippen LogP contribution is 2.31. The molecule has 0 aliphatic carbocycles. The van der Waals surface area contributed by atoms with Gasteiger partial charge < -0.3 is 14.1 Å². The largest absolute Gasteiger partial charge is 0.464 e. The Kier molecular flexibility index (Phi) is 5.72. The second-order valence-electron chi connectivity index (χ2n) is 9.40. The molecule has 0 spiro atoms. The third-order valence-electron chi connectivity index (χ3n) is 6.86. The van der Waals surface area contributed by atoms with Crippen LogP contribution in [0.15, 0.2) is 47.1 Å². The molecule has 5 nitrogen and oxygen atoms in total. The molecule has 164 valence electrons. The minimum Gasteiger partial charge on any atom is -0.464 e. The van der Waals surface area contributed by atoms with E-state index in [2.05, 4.69) is 36.9 Å². The van der Waals surface area contributed by atoms with Crippen LogP contribution >= 0.6 is 0 Å². The van der Waals surface area contributed by atoms with E-state index in [0.29, 0.717) is 24.5 Å². The predicted octanol–water partition coefficient (Wildman–Crippen LogP) is 4.48. The molecule has 2 aromatic carbocycles. The highest BCUT2D eigenvalue weighted by molar-refractivity contribution is 6.08. The van der Waals surface area contributed by atoms with Gasteiger partial charge in [-0.1, -0.05) is 30.3 Å². The van der Waals surface area contributed by atoms with Gasteiger partial charge in [0.05, 0.1) is 24.9 Å². The van der Waals surface area contributed by atoms with E-state index < -0.39 is 0 Å². The maximum absolute atomic E-state index is 13.1. The molecule has 3 heterocycles. The van der Waals surface area contributed by atoms with E-state index in [0.717, 1.165) is 67.5 Å². The molecule has 2 aliphatic heterocycles. The summed E-state index contributed by atoms with van der Waals surface area (Å²) in [6.45, 7) is 9.19. The first-order chi connectivity index (χ1) is 15.1. The van der Waals surface area contributed by atoms with Crippen molar-refractivity contribution in [2.75, 3.05) is 32.7 Å². The maximum Gasteiger partial charge on any atom is 0.227 e. The molecule has 2 aliphatic rings. The van der Waals surface area contributed by atoms with Gasteiger partial charge in [0, 0.05) is 43.7 Å². The minimum absolute atomic E-state index is 0.211. The Bertz CT molecular complexity index is 1060. The maximum atomic E-state index is 13.1. The van der Waals surface area contributed by atoms with Crippen LogP contribution in [-0.4, -0.2) is 60.6 Å². The van der Waals surface area contributed by atoms with E-state index in [1.54, 1.807) is 6.26 Å². The number of ether oxygens (including phenoxy) is 1. The molecule has 0 bridgehead atoms. The van der Waals surface area contributed by atoms with Crippen molar-refractivity contribution in [1.82, 2.24) is 9.80 Å². The molecule has 2 fully saturated rings. The van der Waals surface area contributed by atoms with Gasteiger partial charge in [-0.05, 0) is 49.4 Å². The van der Waals surface area contributed by atoms with Crippen LogP contribution in [0, 0.1) is 5.92 Å². The van der Waals surface area contributed by atoms with Gasteiger partial charge in [-0.3, -0.25) is 9.69 Å². The number of fused-ring (bicyclic) bond motifs is 3. The Balaban J connectivity index is 1.21. The van der Waals surface area contributed by atoms with Crippen molar-refractivity contribution in [1.29, 1.82) is 0 Å². The van der Waals surface area contributed by atoms with Gasteiger partial charge in [0.1, 0.15) is 5.58 Å². The van der Waals surface area contributed by atoms with Gasteiger partial charge in [0.15, 0.2) is 0 Å². The fraction of sp³-hybridized carbons (Fsp3) is 0.500. The Hall–Kier alpha value is -2.37. The zero-order valence-corrected chi connectivity index (χ0v) is 18.5. The molecule has 3 aromatic rings. The van der Waals surface area contributed by atoms with Gasteiger partial charge in [-0.25, -0.2) is 0 Å². The number of carbonyl (C=O) groups excluding carboxylic acids is 1. The van der Waals surface area contributed by atoms with Crippen LogP contribution in [0.1, 0.15) is 32.3 Å². The third-order valence-corrected chi connectivity index (χ3v) is 6.86. The summed E-state index contributed by atoms with van der Waals surface area (Å²) >= 11 is 0. The summed E-state index contributed by atoms with van der Waals surface area (Å²) in [6, 6.07) is 12.4. The lowest BCUT2D eigenvalue weighted by Crippen LogP contribution is -2.48. The fourth-order valence-corrected chi connectivity index (χ4v) is 5.44. The number of hydrogen-bond acceptors (Lipinski definition) is 4. The van der Waals surface area contributed by atoms with Crippen LogP contribution in [0.2, 0.25) is 0 Å². The molecule has 5 heteroatoms. The highest BCUT2D eigenvalue weighted by atomic mass is 16.5. The molecular formula is C26H32N2O3. The quantitative estimate of drug-likeness (QED) is 0.625. The van der Waals surface area contributed by atoms with Crippen molar-refractivity contribution in [3.63, 3.8) is 0 Å². The Morgan fingerprint density at radius 1 is 1.03 bits per heavy atom. The Labute approximate surface area is 183 Å². The number of furan rings is 1. The van der Waals surface area contributed by atoms with Crippen molar-refractivity contribution in [2.24, 2.45) is 5.92 Å². The fourth-order valence-electron chi connectivity index (χ4n) is 5.44. The molecule has 2 unspecified atom stereocenters. The lowest BCUT2D eigenvalue weighted by atomic mass is 9.95. The molecular weight excluding hydrogens is 388 g/mol. The number of morpholine rings is 1. The van der Waals surface area contributed by atoms with Crippen LogP contribution in [-0.2, 0) is 16.0 Å². The molecule has 0 N–H and O–H groups in total. The van der Waals surface area contributed by atoms with Gasteiger partial charge in [0.2, 0.25) is 5.91 Å². The van der Waals surface area contributed by atoms with Crippen molar-refractivity contribution >= 4 is 27.6 Å². The lowest BCUT2D eigenvalue weighted by Gasteiger charge is -2.39. The average molecular weight is 421 g/mol. The molecule has 2 saturated heterocycles. The first-order valence-electron chi connectivity index (χ1n) is 11.6. The topological polar surface area (TPSA) is 45.9 Å². The second-order valence-corrected chi connectivity index (χ2v) is 9.40. The van der Waals surface area contributed by atoms with Crippen LogP contribution < -0.4 is 0 Å². The predicted molar refractivity (Wildman–Crippen MR) is 123 cm³/mol. The molecule has 1 amide bonds. The number of carbonyl (C=O) groups is 1. The van der Waals surface area contributed by atoms with Crippen LogP contribution in [0.5, 0.6) is 0 Å². The van der Waals surface area contributed by atoms with Crippen LogP contribution in [0.25, 0.3) is 21.7 Å². The number of piperidine rings is 1. The standard InChI is InChI=1S/C26H32N2O3/c1-18-14-27(15-19(2)31-18)16-20-9-11-28(12-10-20)25(29)13-22-17-30-24-8-7-21-5-3-4-6-23(21)26(22)24/h3-8,17-20H,9-16H2,1-2H3. The smallest absolute Gasteiger partial charge is 0.227 e. The van der Waals surface area contributed by atoms with E-state index in [-0.39, 0.29) is 5.91 Å². The zero-order chi connectivity index (χ0) is 21.4. The summed E-state index contributed by atoms with van der Waals surface area (Å²) in [5.74, 6) is 0.878. The molecule has 0 saturated carbocycles. The Morgan fingerprint density at radius 3 is 2.55 bits per heavy atom. The first-order valence-corrected chi connectivity index (χ1v) is 11.6. The number of likely N-dealkylation sites (tertiary alicyclic amines) is 1. The summed E-state index contributed by atoms with van der Waals surface area (Å²) < 4.78 is 11.6. The first kappa shape index (κ1) is 20.5. The van der Waals surface area contributed by atoms with Gasteiger partial charge in [-0.2, -0.15) is 0 Å². The zero-order valence-electron chi connectivity index (χ0n) is 18.5. The molecule has 31 heavy (non-hydrogen) atoms. The summed E-state index contributed by atoms with van der Waals surface area (Å²) in [7, 11) is 0. The van der Waals surface area contributed by atoms with Crippen molar-refractivity contribution in [3.05, 3.63) is 48.2 Å². The lowest BCUT2D eigenvalue weighted by molar-refractivity contribution is -0.132. The highest BCUT2D eigenvalue weighted by Gasteiger charge is 2.28. The summed E-state index contributed by atoms with van der Waals surface area (Å²) in [5.41, 5.74) is 1.85. The van der Waals surface area contributed by atoms with E-state index in [4.69, 9.17) is 9.15 Å². The van der Waals surface area contributed by atoms with Crippen LogP contribution in [0.4, 0.5) is 0 Å². The summed E-state index contributed by atoms with van der Waals surface area (Å²) in [6.07, 6.45) is 4.96. The average Bonchev–Trinajstić information content (AvgIpc) is 3.17. The normalized spacial score (nSPS) is 23.6. The van der Waals surface area contributed by atoms with E-state index in [1.165, 1.54) is 5.39 Å². The van der Waals surface area contributed by atoms with Gasteiger partial charge in [-0.15, -0.1) is 0 Å². The molecule has 1 aromatic heterocycles. The van der Waals surface area contributed by atoms with E-state index in [9.17, 15) is 4.79 Å². The van der Waals surface area contributed by atoms with Crippen molar-refractivity contribution in [2.45, 2.75) is 45.3 Å². The van der Waals surface area contributed by atoms with Gasteiger partial charge in [0.25, 0.3) is 0 Å². The van der Waals surface area contributed by atoms with E-state index >= 15 is 0 Å². The number of amides is 1. The molecule has 0 radical (unpaired) electrons. The second kappa shape index (κ2) is 8.64. The minimum atomic E-state index is 0.211. The van der Waals surface area contributed by atoms with E-state index in [1.807, 2.05) is 23.1 Å². The number of nitrogens with zero attached hydrogens (tertiary/aromatic N) is 2. The van der Waals surface area contributed by atoms with Gasteiger partial charge >= 0.3 is 0 Å². The number of benzene rings is 2. The van der Waals surface area contributed by atoms with Crippen molar-refractivity contribution in [3.8, 4) is 0 Å². The monoisotopic (exact) mass is 420 g/mol. The summed E-state index contributed by atoms with van der Waals surface area (Å²) in [5, 5.41) is 3.42. The Morgan fingerprint density at radius 2 is 1.77 bits per heavy atom. The molecule has 5 rings (SSSR count). The molecule has 2 atom stereocenters. The van der Waals surface area contributed by atoms with Crippen molar-refractivity contribution < 1.29 is 13.9 Å². The summed E-state index contributed by atoms with van der Waals surface area (Å²) in [4.78, 5) is 17.7.